The number of hydrogen-bond donors (Lipinski definition) is 1. The molecule has 0 aliphatic carbocycles. The fourth-order valence-electron chi connectivity index (χ4n) is 1.30. The number of rotatable bonds is 6. The predicted molar refractivity (Wildman–Crippen MR) is 64.6 cm³/mol. The summed E-state index contributed by atoms with van der Waals surface area (Å²) in [6.45, 7) is -1.71. The van der Waals surface area contributed by atoms with Crippen molar-refractivity contribution in [1.82, 2.24) is 0 Å². The van der Waals surface area contributed by atoms with Gasteiger partial charge in [-0.1, -0.05) is 0 Å². The van der Waals surface area contributed by atoms with E-state index in [-0.39, 0.29) is 30.2 Å². The summed E-state index contributed by atoms with van der Waals surface area (Å²) in [6.07, 6.45) is -4.37. The van der Waals surface area contributed by atoms with Crippen molar-refractivity contribution in [2.45, 2.75) is 6.18 Å². The van der Waals surface area contributed by atoms with Crippen molar-refractivity contribution in [3.8, 4) is 5.75 Å². The summed E-state index contributed by atoms with van der Waals surface area (Å²) in [6, 6.07) is 4.25. The van der Waals surface area contributed by atoms with Gasteiger partial charge in [0.25, 0.3) is 0 Å². The van der Waals surface area contributed by atoms with Gasteiger partial charge in [-0.2, -0.15) is 13.2 Å². The fraction of sp³-hybridized carbons (Fsp3) is 0.417. The molecule has 5 nitrogen and oxygen atoms in total. The molecule has 0 aliphatic heterocycles. The zero-order valence-electron chi connectivity index (χ0n) is 10.7. The molecule has 0 bridgehead atoms. The molecule has 1 rings (SSSR count). The van der Waals surface area contributed by atoms with Crippen molar-refractivity contribution in [3.63, 3.8) is 0 Å². The summed E-state index contributed by atoms with van der Waals surface area (Å²) in [5, 5.41) is 0. The van der Waals surface area contributed by atoms with Gasteiger partial charge in [-0.25, -0.2) is 4.79 Å². The van der Waals surface area contributed by atoms with Gasteiger partial charge in [0.1, 0.15) is 19.0 Å². The minimum Gasteiger partial charge on any atom is -0.489 e. The van der Waals surface area contributed by atoms with Crippen LogP contribution in [0.4, 0.5) is 18.9 Å². The Morgan fingerprint density at radius 2 is 2.00 bits per heavy atom. The van der Waals surface area contributed by atoms with E-state index < -0.39 is 18.8 Å². The SMILES string of the molecule is COC(=O)c1ccc(N)c(OCCOCC(F)(F)F)c1. The first-order chi connectivity index (χ1) is 9.33. The van der Waals surface area contributed by atoms with E-state index in [0.717, 1.165) is 0 Å². The lowest BCUT2D eigenvalue weighted by molar-refractivity contribution is -0.175. The lowest BCUT2D eigenvalue weighted by Crippen LogP contribution is -2.19. The van der Waals surface area contributed by atoms with Gasteiger partial charge in [-0.05, 0) is 18.2 Å². The Bertz CT molecular complexity index is 463. The van der Waals surface area contributed by atoms with E-state index in [1.807, 2.05) is 0 Å². The lowest BCUT2D eigenvalue weighted by Gasteiger charge is -2.11. The standard InChI is InChI=1S/C12H14F3NO4/c1-18-11(17)8-2-3-9(16)10(6-8)20-5-4-19-7-12(13,14)15/h2-3,6H,4-5,7,16H2,1H3. The van der Waals surface area contributed by atoms with E-state index in [0.29, 0.717) is 0 Å². The molecular weight excluding hydrogens is 279 g/mol. The summed E-state index contributed by atoms with van der Waals surface area (Å²) < 4.78 is 49.5. The molecule has 2 N–H and O–H groups in total. The van der Waals surface area contributed by atoms with Crippen molar-refractivity contribution < 1.29 is 32.2 Å². The molecule has 0 radical (unpaired) electrons. The van der Waals surface area contributed by atoms with Crippen molar-refractivity contribution in [1.29, 1.82) is 0 Å². The molecular formula is C12H14F3NO4. The van der Waals surface area contributed by atoms with Crippen LogP contribution < -0.4 is 10.5 Å². The van der Waals surface area contributed by atoms with Gasteiger partial charge >= 0.3 is 12.1 Å². The number of carbonyl (C=O) groups excluding carboxylic acids is 1. The predicted octanol–water partition coefficient (Wildman–Crippen LogP) is 2.01. The number of anilines is 1. The van der Waals surface area contributed by atoms with Gasteiger partial charge in [0.05, 0.1) is 25.0 Å². The summed E-state index contributed by atoms with van der Waals surface area (Å²) in [5.41, 5.74) is 6.10. The smallest absolute Gasteiger partial charge is 0.411 e. The molecule has 0 unspecified atom stereocenters. The number of benzene rings is 1. The first-order valence-electron chi connectivity index (χ1n) is 5.58. The van der Waals surface area contributed by atoms with Crippen LogP contribution in [-0.4, -0.2) is 39.1 Å². The Hall–Kier alpha value is -1.96. The van der Waals surface area contributed by atoms with Gasteiger partial charge in [-0.15, -0.1) is 0 Å². The molecule has 0 fully saturated rings. The molecule has 1 aromatic rings. The second kappa shape index (κ2) is 6.99. The third-order valence-corrected chi connectivity index (χ3v) is 2.19. The number of esters is 1. The van der Waals surface area contributed by atoms with Gasteiger partial charge in [-0.3, -0.25) is 0 Å². The van der Waals surface area contributed by atoms with Crippen LogP contribution in [0.25, 0.3) is 0 Å². The molecule has 20 heavy (non-hydrogen) atoms. The highest BCUT2D eigenvalue weighted by atomic mass is 19.4. The second-order valence-electron chi connectivity index (χ2n) is 3.76. The Balaban J connectivity index is 2.49. The zero-order chi connectivity index (χ0) is 15.2. The van der Waals surface area contributed by atoms with Crippen LogP contribution >= 0.6 is 0 Å². The van der Waals surface area contributed by atoms with E-state index in [9.17, 15) is 18.0 Å². The van der Waals surface area contributed by atoms with Crippen molar-refractivity contribution in [2.75, 3.05) is 32.7 Å². The van der Waals surface area contributed by atoms with E-state index in [4.69, 9.17) is 10.5 Å². The third kappa shape index (κ3) is 5.35. The Morgan fingerprint density at radius 3 is 2.60 bits per heavy atom. The second-order valence-corrected chi connectivity index (χ2v) is 3.76. The fourth-order valence-corrected chi connectivity index (χ4v) is 1.30. The summed E-state index contributed by atoms with van der Waals surface area (Å²) in [5.74, 6) is -0.383. The van der Waals surface area contributed by atoms with Crippen molar-refractivity contribution >= 4 is 11.7 Å². The van der Waals surface area contributed by atoms with Crippen molar-refractivity contribution in [2.24, 2.45) is 0 Å². The topological polar surface area (TPSA) is 70.8 Å². The van der Waals surface area contributed by atoms with Gasteiger partial charge < -0.3 is 19.9 Å². The maximum Gasteiger partial charge on any atom is 0.411 e. The number of alkyl halides is 3. The number of hydrogen-bond acceptors (Lipinski definition) is 5. The van der Waals surface area contributed by atoms with E-state index in [2.05, 4.69) is 9.47 Å². The maximum atomic E-state index is 11.8. The lowest BCUT2D eigenvalue weighted by atomic mass is 10.2. The van der Waals surface area contributed by atoms with Gasteiger partial charge in [0.2, 0.25) is 0 Å². The summed E-state index contributed by atoms with van der Waals surface area (Å²) >= 11 is 0. The molecule has 8 heteroatoms. The summed E-state index contributed by atoms with van der Waals surface area (Å²) in [7, 11) is 1.23. The van der Waals surface area contributed by atoms with E-state index in [1.165, 1.54) is 25.3 Å². The average Bonchev–Trinajstić information content (AvgIpc) is 2.38. The molecule has 0 saturated heterocycles. The van der Waals surface area contributed by atoms with Crippen LogP contribution in [0.3, 0.4) is 0 Å². The normalized spacial score (nSPS) is 11.2. The minimum absolute atomic E-state index is 0.120. The average molecular weight is 293 g/mol. The zero-order valence-corrected chi connectivity index (χ0v) is 10.7. The molecule has 112 valence electrons. The molecule has 0 aliphatic rings. The molecule has 0 heterocycles. The van der Waals surface area contributed by atoms with Crippen LogP contribution in [-0.2, 0) is 9.47 Å². The quantitative estimate of drug-likeness (QED) is 0.493. The van der Waals surface area contributed by atoms with Gasteiger partial charge in [0.15, 0.2) is 0 Å². The largest absolute Gasteiger partial charge is 0.489 e. The number of nitrogen functional groups attached to an aromatic ring is 1. The Morgan fingerprint density at radius 1 is 1.30 bits per heavy atom. The van der Waals surface area contributed by atoms with Gasteiger partial charge in [0, 0.05) is 0 Å². The molecule has 0 amide bonds. The summed E-state index contributed by atoms with van der Waals surface area (Å²) in [4.78, 5) is 11.3. The molecule has 0 atom stereocenters. The van der Waals surface area contributed by atoms with Crippen LogP contribution in [0.15, 0.2) is 18.2 Å². The first kappa shape index (κ1) is 16.1. The highest BCUT2D eigenvalue weighted by Gasteiger charge is 2.27. The number of carbonyl (C=O) groups is 1. The molecule has 0 saturated carbocycles. The highest BCUT2D eigenvalue weighted by Crippen LogP contribution is 2.23. The molecule has 0 spiro atoms. The number of halogens is 3. The van der Waals surface area contributed by atoms with E-state index in [1.54, 1.807) is 0 Å². The third-order valence-electron chi connectivity index (χ3n) is 2.19. The number of nitrogens with two attached hydrogens (primary N) is 1. The van der Waals surface area contributed by atoms with E-state index >= 15 is 0 Å². The minimum atomic E-state index is -4.37. The van der Waals surface area contributed by atoms with Crippen LogP contribution in [0.1, 0.15) is 10.4 Å². The number of methoxy groups -OCH3 is 1. The van der Waals surface area contributed by atoms with Crippen LogP contribution in [0.2, 0.25) is 0 Å². The van der Waals surface area contributed by atoms with Crippen LogP contribution in [0.5, 0.6) is 5.75 Å². The molecule has 1 aromatic carbocycles. The van der Waals surface area contributed by atoms with Crippen molar-refractivity contribution in [3.05, 3.63) is 23.8 Å². The first-order valence-corrected chi connectivity index (χ1v) is 5.58. The Labute approximate surface area is 113 Å². The molecule has 0 aromatic heterocycles. The highest BCUT2D eigenvalue weighted by molar-refractivity contribution is 5.90. The monoisotopic (exact) mass is 293 g/mol. The van der Waals surface area contributed by atoms with Crippen LogP contribution in [0, 0.1) is 0 Å². The number of ether oxygens (including phenoxy) is 3. The Kier molecular flexibility index (Phi) is 5.63. The maximum absolute atomic E-state index is 11.8.